The van der Waals surface area contributed by atoms with Crippen molar-refractivity contribution in [2.24, 2.45) is 5.73 Å². The molecular formula is C11H14N2O3S. The Bertz CT molecular complexity index is 406. The number of benzene rings is 1. The van der Waals surface area contributed by atoms with E-state index in [1.54, 1.807) is 30.5 Å². The van der Waals surface area contributed by atoms with Crippen molar-refractivity contribution in [3.8, 4) is 0 Å². The molecule has 92 valence electrons. The molecule has 0 bridgehead atoms. The van der Waals surface area contributed by atoms with E-state index in [-0.39, 0.29) is 11.7 Å². The molecule has 0 spiro atoms. The van der Waals surface area contributed by atoms with E-state index >= 15 is 0 Å². The first kappa shape index (κ1) is 13.5. The van der Waals surface area contributed by atoms with Crippen molar-refractivity contribution in [2.75, 3.05) is 11.6 Å². The van der Waals surface area contributed by atoms with Crippen LogP contribution in [0.1, 0.15) is 5.56 Å². The molecule has 1 aromatic rings. The number of nitrogens with one attached hydrogen (secondary N) is 1. The lowest BCUT2D eigenvalue weighted by molar-refractivity contribution is -0.138. The highest BCUT2D eigenvalue weighted by Gasteiger charge is 2.11. The van der Waals surface area contributed by atoms with E-state index in [2.05, 4.69) is 5.32 Å². The monoisotopic (exact) mass is 254 g/mol. The second-order valence-electron chi connectivity index (χ2n) is 3.46. The maximum absolute atomic E-state index is 11.1. The van der Waals surface area contributed by atoms with Gasteiger partial charge in [0.1, 0.15) is 6.04 Å². The zero-order valence-electron chi connectivity index (χ0n) is 9.34. The number of carboxylic acids is 1. The van der Waals surface area contributed by atoms with Crippen molar-refractivity contribution in [3.63, 3.8) is 0 Å². The number of nitrogens with two attached hydrogens (primary N) is 1. The van der Waals surface area contributed by atoms with E-state index in [9.17, 15) is 9.59 Å². The van der Waals surface area contributed by atoms with E-state index in [1.807, 2.05) is 0 Å². The molecule has 1 atom stereocenters. The van der Waals surface area contributed by atoms with Crippen molar-refractivity contribution >= 4 is 28.7 Å². The zero-order chi connectivity index (χ0) is 12.8. The first-order valence-corrected chi connectivity index (χ1v) is 6.17. The summed E-state index contributed by atoms with van der Waals surface area (Å²) >= 11 is 1.09. The van der Waals surface area contributed by atoms with Crippen LogP contribution in [-0.4, -0.2) is 28.6 Å². The first-order valence-electron chi connectivity index (χ1n) is 4.95. The summed E-state index contributed by atoms with van der Waals surface area (Å²) in [7, 11) is 0. The molecule has 0 heterocycles. The van der Waals surface area contributed by atoms with Crippen LogP contribution in [0.4, 0.5) is 10.5 Å². The van der Waals surface area contributed by atoms with Crippen molar-refractivity contribution in [3.05, 3.63) is 29.8 Å². The molecule has 17 heavy (non-hydrogen) atoms. The van der Waals surface area contributed by atoms with Crippen molar-refractivity contribution in [1.82, 2.24) is 0 Å². The third kappa shape index (κ3) is 4.46. The average Bonchev–Trinajstić information content (AvgIpc) is 2.31. The predicted molar refractivity (Wildman–Crippen MR) is 68.3 cm³/mol. The maximum Gasteiger partial charge on any atom is 0.320 e. The molecule has 6 heteroatoms. The van der Waals surface area contributed by atoms with Gasteiger partial charge in [-0.15, -0.1) is 0 Å². The van der Waals surface area contributed by atoms with Crippen LogP contribution in [0.2, 0.25) is 0 Å². The van der Waals surface area contributed by atoms with Gasteiger partial charge in [-0.1, -0.05) is 23.9 Å². The summed E-state index contributed by atoms with van der Waals surface area (Å²) in [5.74, 6) is -1.02. The number of aliphatic carboxylic acids is 1. The molecule has 0 radical (unpaired) electrons. The van der Waals surface area contributed by atoms with E-state index in [0.717, 1.165) is 17.3 Å². The highest BCUT2D eigenvalue weighted by Crippen LogP contribution is 2.12. The molecule has 1 rings (SSSR count). The van der Waals surface area contributed by atoms with Gasteiger partial charge in [0.15, 0.2) is 0 Å². The lowest BCUT2D eigenvalue weighted by atomic mass is 10.1. The van der Waals surface area contributed by atoms with E-state index in [0.29, 0.717) is 5.69 Å². The SMILES string of the molecule is CSC(=O)Nc1ccc(C[C@H](N)C(=O)O)cc1. The van der Waals surface area contributed by atoms with Gasteiger partial charge >= 0.3 is 5.97 Å². The van der Waals surface area contributed by atoms with Crippen LogP contribution in [0.5, 0.6) is 0 Å². The fourth-order valence-electron chi connectivity index (χ4n) is 1.23. The van der Waals surface area contributed by atoms with Crippen LogP contribution >= 0.6 is 11.8 Å². The lowest BCUT2D eigenvalue weighted by Gasteiger charge is -2.07. The van der Waals surface area contributed by atoms with Gasteiger partial charge in [-0.05, 0) is 30.4 Å². The smallest absolute Gasteiger partial charge is 0.320 e. The second kappa shape index (κ2) is 6.27. The predicted octanol–water partition coefficient (Wildman–Crippen LogP) is 1.54. The Hall–Kier alpha value is -1.53. The van der Waals surface area contributed by atoms with Gasteiger partial charge in [0.25, 0.3) is 5.24 Å². The Kier molecular flexibility index (Phi) is 4.99. The number of hydrogen-bond donors (Lipinski definition) is 3. The summed E-state index contributed by atoms with van der Waals surface area (Å²) in [6.07, 6.45) is 1.96. The summed E-state index contributed by atoms with van der Waals surface area (Å²) < 4.78 is 0. The Labute approximate surface area is 103 Å². The second-order valence-corrected chi connectivity index (χ2v) is 4.24. The van der Waals surface area contributed by atoms with E-state index in [4.69, 9.17) is 10.8 Å². The third-order valence-corrected chi connectivity index (χ3v) is 2.63. The largest absolute Gasteiger partial charge is 0.480 e. The molecular weight excluding hydrogens is 240 g/mol. The Morgan fingerprint density at radius 3 is 2.47 bits per heavy atom. The number of thioether (sulfide) groups is 1. The van der Waals surface area contributed by atoms with Crippen molar-refractivity contribution in [1.29, 1.82) is 0 Å². The molecule has 0 fully saturated rings. The standard InChI is InChI=1S/C11H14N2O3S/c1-17-11(16)13-8-4-2-7(3-5-8)6-9(12)10(14)15/h2-5,9H,6,12H2,1H3,(H,13,16)(H,14,15)/t9-/m0/s1. The third-order valence-electron chi connectivity index (χ3n) is 2.16. The molecule has 0 saturated carbocycles. The van der Waals surface area contributed by atoms with Gasteiger partial charge in [0.05, 0.1) is 0 Å². The summed E-state index contributed by atoms with van der Waals surface area (Å²) in [5.41, 5.74) is 6.92. The highest BCUT2D eigenvalue weighted by molar-refractivity contribution is 8.13. The Morgan fingerprint density at radius 2 is 2.00 bits per heavy atom. The van der Waals surface area contributed by atoms with Gasteiger partial charge in [-0.25, -0.2) is 0 Å². The number of anilines is 1. The van der Waals surface area contributed by atoms with Crippen LogP contribution in [0.15, 0.2) is 24.3 Å². The summed E-state index contributed by atoms with van der Waals surface area (Å²) in [5, 5.41) is 11.2. The van der Waals surface area contributed by atoms with Crippen molar-refractivity contribution in [2.45, 2.75) is 12.5 Å². The van der Waals surface area contributed by atoms with Gasteiger partial charge in [-0.3, -0.25) is 9.59 Å². The molecule has 5 nitrogen and oxygen atoms in total. The Morgan fingerprint density at radius 1 is 1.41 bits per heavy atom. The quantitative estimate of drug-likeness (QED) is 0.758. The van der Waals surface area contributed by atoms with Gasteiger partial charge in [0, 0.05) is 5.69 Å². The fraction of sp³-hybridized carbons (Fsp3) is 0.273. The Balaban J connectivity index is 2.62. The summed E-state index contributed by atoms with van der Waals surface area (Å²) in [6.45, 7) is 0. The fourth-order valence-corrected chi connectivity index (χ4v) is 1.45. The number of carbonyl (C=O) groups is 2. The normalized spacial score (nSPS) is 11.9. The van der Waals surface area contributed by atoms with Gasteiger partial charge < -0.3 is 16.2 Å². The minimum atomic E-state index is -1.02. The minimum absolute atomic E-state index is 0.139. The molecule has 0 aromatic heterocycles. The minimum Gasteiger partial charge on any atom is -0.480 e. The first-order chi connectivity index (χ1) is 8.02. The number of hydrogen-bond acceptors (Lipinski definition) is 4. The van der Waals surface area contributed by atoms with Crippen LogP contribution in [0.25, 0.3) is 0 Å². The molecule has 0 aliphatic rings. The van der Waals surface area contributed by atoms with Crippen molar-refractivity contribution < 1.29 is 14.7 Å². The maximum atomic E-state index is 11.1. The van der Waals surface area contributed by atoms with Crippen LogP contribution < -0.4 is 11.1 Å². The average molecular weight is 254 g/mol. The number of carboxylic acid groups (broad SMARTS) is 1. The lowest BCUT2D eigenvalue weighted by Crippen LogP contribution is -2.32. The number of carbonyl (C=O) groups excluding carboxylic acids is 1. The molecule has 4 N–H and O–H groups in total. The number of rotatable bonds is 4. The highest BCUT2D eigenvalue weighted by atomic mass is 32.2. The molecule has 0 aliphatic carbocycles. The molecule has 0 aliphatic heterocycles. The topological polar surface area (TPSA) is 92.4 Å². The van der Waals surface area contributed by atoms with Gasteiger partial charge in [0.2, 0.25) is 0 Å². The molecule has 0 unspecified atom stereocenters. The number of amides is 1. The molecule has 1 aromatic carbocycles. The zero-order valence-corrected chi connectivity index (χ0v) is 10.2. The van der Waals surface area contributed by atoms with Crippen LogP contribution in [-0.2, 0) is 11.2 Å². The van der Waals surface area contributed by atoms with Crippen LogP contribution in [0.3, 0.4) is 0 Å². The van der Waals surface area contributed by atoms with Gasteiger partial charge in [-0.2, -0.15) is 0 Å². The summed E-state index contributed by atoms with van der Waals surface area (Å²) in [6, 6.07) is 6.04. The molecule has 1 amide bonds. The van der Waals surface area contributed by atoms with E-state index in [1.165, 1.54) is 0 Å². The molecule has 0 saturated heterocycles. The van der Waals surface area contributed by atoms with E-state index < -0.39 is 12.0 Å². The van der Waals surface area contributed by atoms with Crippen LogP contribution in [0, 0.1) is 0 Å². The summed E-state index contributed by atoms with van der Waals surface area (Å²) in [4.78, 5) is 21.7.